The molecule has 2 heterocycles. The highest BCUT2D eigenvalue weighted by Gasteiger charge is 2.28. The Labute approximate surface area is 189 Å². The van der Waals surface area contributed by atoms with Gasteiger partial charge in [0.05, 0.1) is 18.8 Å². The van der Waals surface area contributed by atoms with E-state index < -0.39 is 30.6 Å². The zero-order valence-electron chi connectivity index (χ0n) is 17.3. The Morgan fingerprint density at radius 3 is 2.74 bits per heavy atom. The number of benzene rings is 1. The zero-order chi connectivity index (χ0) is 22.2. The first-order valence-corrected chi connectivity index (χ1v) is 11.7. The van der Waals surface area contributed by atoms with Crippen molar-refractivity contribution in [1.29, 1.82) is 0 Å². The van der Waals surface area contributed by atoms with Crippen LogP contribution >= 0.6 is 23.3 Å². The highest BCUT2D eigenvalue weighted by molar-refractivity contribution is 7.96. The molecule has 0 saturated carbocycles. The average molecular weight is 465 g/mol. The van der Waals surface area contributed by atoms with Crippen molar-refractivity contribution in [3.8, 4) is 10.4 Å². The van der Waals surface area contributed by atoms with E-state index in [2.05, 4.69) is 5.32 Å². The molecule has 0 bridgehead atoms. The third-order valence-electron chi connectivity index (χ3n) is 4.43. The Morgan fingerprint density at radius 1 is 1.26 bits per heavy atom. The summed E-state index contributed by atoms with van der Waals surface area (Å²) in [7, 11) is 0. The molecule has 0 spiro atoms. The molecule has 1 aromatic heterocycles. The number of hydrogen-bond donors (Lipinski definition) is 1. The van der Waals surface area contributed by atoms with Crippen LogP contribution in [-0.2, 0) is 23.8 Å². The molecule has 1 unspecified atom stereocenters. The fourth-order valence-corrected chi connectivity index (χ4v) is 4.52. The minimum atomic E-state index is -0.726. The van der Waals surface area contributed by atoms with Crippen molar-refractivity contribution in [1.82, 2.24) is 4.31 Å². The van der Waals surface area contributed by atoms with E-state index in [1.165, 1.54) is 23.3 Å². The van der Waals surface area contributed by atoms with Crippen LogP contribution in [-0.4, -0.2) is 67.4 Å². The molecule has 3 rings (SSSR count). The number of ether oxygens (including phenoxy) is 3. The van der Waals surface area contributed by atoms with Crippen molar-refractivity contribution in [2.45, 2.75) is 13.0 Å². The molecule has 2 aromatic rings. The number of hydrogen-bond acceptors (Lipinski definition) is 9. The molecular weight excluding hydrogens is 440 g/mol. The fraction of sp³-hybridized carbons (Fsp3) is 0.381. The minimum absolute atomic E-state index is 0.217. The van der Waals surface area contributed by atoms with Gasteiger partial charge in [-0.3, -0.25) is 4.79 Å². The van der Waals surface area contributed by atoms with Crippen molar-refractivity contribution in [3.63, 3.8) is 0 Å². The van der Waals surface area contributed by atoms with Gasteiger partial charge in [0.2, 0.25) is 0 Å². The van der Waals surface area contributed by atoms with Crippen molar-refractivity contribution in [2.75, 3.05) is 44.5 Å². The molecule has 1 N–H and O–H groups in total. The van der Waals surface area contributed by atoms with E-state index in [1.54, 1.807) is 13.0 Å². The number of esters is 2. The predicted octanol–water partition coefficient (Wildman–Crippen LogP) is 3.05. The highest BCUT2D eigenvalue weighted by atomic mass is 32.2. The number of thiophene rings is 1. The van der Waals surface area contributed by atoms with Crippen LogP contribution in [0, 0.1) is 0 Å². The molecule has 0 aliphatic carbocycles. The van der Waals surface area contributed by atoms with Gasteiger partial charge in [0.1, 0.15) is 5.00 Å². The number of carbonyl (C=O) groups excluding carboxylic acids is 3. The number of carbonyl (C=O) groups is 3. The number of anilines is 1. The second-order valence-corrected chi connectivity index (χ2v) is 8.46. The Morgan fingerprint density at radius 2 is 2.03 bits per heavy atom. The fourth-order valence-electron chi connectivity index (χ4n) is 2.92. The van der Waals surface area contributed by atoms with Gasteiger partial charge in [-0.1, -0.05) is 42.3 Å². The average Bonchev–Trinajstić information content (AvgIpc) is 3.22. The van der Waals surface area contributed by atoms with Crippen LogP contribution < -0.4 is 5.32 Å². The Kier molecular flexibility index (Phi) is 8.47. The molecule has 1 atom stereocenters. The van der Waals surface area contributed by atoms with Crippen LogP contribution in [0.3, 0.4) is 0 Å². The van der Waals surface area contributed by atoms with Crippen molar-refractivity contribution >= 4 is 46.1 Å². The van der Waals surface area contributed by atoms with E-state index in [1.807, 2.05) is 40.9 Å². The molecule has 1 aromatic carbocycles. The van der Waals surface area contributed by atoms with E-state index in [4.69, 9.17) is 14.2 Å². The van der Waals surface area contributed by atoms with Gasteiger partial charge in [-0.05, 0) is 24.8 Å². The lowest BCUT2D eigenvalue weighted by atomic mass is 10.1. The summed E-state index contributed by atoms with van der Waals surface area (Å²) >= 11 is 2.78. The Balaban J connectivity index is 1.65. The summed E-state index contributed by atoms with van der Waals surface area (Å²) < 4.78 is 17.7. The molecule has 1 aliphatic heterocycles. The van der Waals surface area contributed by atoms with Crippen LogP contribution in [0.2, 0.25) is 0 Å². The normalized spacial score (nSPS) is 16.5. The van der Waals surface area contributed by atoms with Gasteiger partial charge < -0.3 is 19.5 Å². The first-order valence-electron chi connectivity index (χ1n) is 9.75. The Bertz CT molecular complexity index is 918. The van der Waals surface area contributed by atoms with Gasteiger partial charge in [0, 0.05) is 18.0 Å². The SMILES string of the molecule is CCOC(=O)c1cc(-c2ccccc2)sc1NC(=O)COC(=O)C1CN(SC)CCO1. The summed E-state index contributed by atoms with van der Waals surface area (Å²) in [5.74, 6) is -1.66. The van der Waals surface area contributed by atoms with Gasteiger partial charge in [-0.2, -0.15) is 0 Å². The maximum absolute atomic E-state index is 12.4. The number of nitrogens with one attached hydrogen (secondary N) is 1. The standard InChI is InChI=1S/C21H24N2O6S2/c1-3-27-20(25)15-11-17(14-7-5-4-6-8-14)31-19(15)22-18(24)13-29-21(26)16-12-23(30-2)9-10-28-16/h4-8,11,16H,3,9-10,12-13H2,1-2H3,(H,22,24). The van der Waals surface area contributed by atoms with Crippen molar-refractivity contribution < 1.29 is 28.6 Å². The zero-order valence-corrected chi connectivity index (χ0v) is 18.9. The monoisotopic (exact) mass is 464 g/mol. The number of rotatable bonds is 8. The topological polar surface area (TPSA) is 94.2 Å². The lowest BCUT2D eigenvalue weighted by molar-refractivity contribution is -0.162. The van der Waals surface area contributed by atoms with E-state index >= 15 is 0 Å². The molecule has 1 fully saturated rings. The van der Waals surface area contributed by atoms with Crippen molar-refractivity contribution in [3.05, 3.63) is 42.0 Å². The van der Waals surface area contributed by atoms with Crippen LogP contribution in [0.4, 0.5) is 5.00 Å². The molecule has 10 heteroatoms. The molecule has 31 heavy (non-hydrogen) atoms. The number of nitrogens with zero attached hydrogens (tertiary/aromatic N) is 1. The third kappa shape index (κ3) is 6.30. The molecule has 1 saturated heterocycles. The quantitative estimate of drug-likeness (QED) is 0.471. The number of morpholine rings is 1. The summed E-state index contributed by atoms with van der Waals surface area (Å²) in [6, 6.07) is 11.2. The first-order chi connectivity index (χ1) is 15.0. The maximum atomic E-state index is 12.4. The predicted molar refractivity (Wildman–Crippen MR) is 120 cm³/mol. The van der Waals surface area contributed by atoms with E-state index in [9.17, 15) is 14.4 Å². The second-order valence-electron chi connectivity index (χ2n) is 6.53. The van der Waals surface area contributed by atoms with Gasteiger partial charge in [-0.15, -0.1) is 11.3 Å². The molecule has 1 aliphatic rings. The summed E-state index contributed by atoms with van der Waals surface area (Å²) in [5.41, 5.74) is 1.18. The van der Waals surface area contributed by atoms with Crippen LogP contribution in [0.1, 0.15) is 17.3 Å². The summed E-state index contributed by atoms with van der Waals surface area (Å²) in [5, 5.41) is 3.01. The molecule has 166 valence electrons. The minimum Gasteiger partial charge on any atom is -0.462 e. The smallest absolute Gasteiger partial charge is 0.341 e. The third-order valence-corrected chi connectivity index (χ3v) is 6.38. The molecule has 8 nitrogen and oxygen atoms in total. The van der Waals surface area contributed by atoms with Gasteiger partial charge >= 0.3 is 11.9 Å². The second kappa shape index (κ2) is 11.3. The van der Waals surface area contributed by atoms with E-state index in [0.717, 1.165) is 17.0 Å². The van der Waals surface area contributed by atoms with Gasteiger partial charge in [0.25, 0.3) is 5.91 Å². The molecule has 1 amide bonds. The first kappa shape index (κ1) is 23.3. The molecular formula is C21H24N2O6S2. The van der Waals surface area contributed by atoms with Crippen molar-refractivity contribution in [2.24, 2.45) is 0 Å². The maximum Gasteiger partial charge on any atom is 0.341 e. The summed E-state index contributed by atoms with van der Waals surface area (Å²) in [6.45, 7) is 3.01. The lowest BCUT2D eigenvalue weighted by Gasteiger charge is -2.29. The number of amides is 1. The lowest BCUT2D eigenvalue weighted by Crippen LogP contribution is -2.44. The molecule has 0 radical (unpaired) electrons. The van der Waals surface area contributed by atoms with Gasteiger partial charge in [-0.25, -0.2) is 13.9 Å². The summed E-state index contributed by atoms with van der Waals surface area (Å²) in [6.07, 6.45) is 1.20. The largest absolute Gasteiger partial charge is 0.462 e. The van der Waals surface area contributed by atoms with Crippen LogP contribution in [0.25, 0.3) is 10.4 Å². The van der Waals surface area contributed by atoms with E-state index in [0.29, 0.717) is 18.2 Å². The Hall–Kier alpha value is -2.40. The highest BCUT2D eigenvalue weighted by Crippen LogP contribution is 2.35. The summed E-state index contributed by atoms with van der Waals surface area (Å²) in [4.78, 5) is 37.8. The van der Waals surface area contributed by atoms with E-state index in [-0.39, 0.29) is 12.2 Å². The van der Waals surface area contributed by atoms with Gasteiger partial charge in [0.15, 0.2) is 12.7 Å². The van der Waals surface area contributed by atoms with Crippen LogP contribution in [0.15, 0.2) is 36.4 Å². The van der Waals surface area contributed by atoms with Crippen LogP contribution in [0.5, 0.6) is 0 Å².